The Morgan fingerprint density at radius 1 is 1.14 bits per heavy atom. The fraction of sp³-hybridized carbons (Fsp3) is 0.200. The van der Waals surface area contributed by atoms with E-state index < -0.39 is 0 Å². The van der Waals surface area contributed by atoms with E-state index in [-0.39, 0.29) is 18.4 Å². The molecule has 110 valence electrons. The van der Waals surface area contributed by atoms with Crippen molar-refractivity contribution in [2.45, 2.75) is 12.8 Å². The Morgan fingerprint density at radius 3 is 2.67 bits per heavy atom. The van der Waals surface area contributed by atoms with Crippen LogP contribution in [0.2, 0.25) is 0 Å². The number of amides is 2. The van der Waals surface area contributed by atoms with E-state index in [1.54, 1.807) is 17.4 Å². The van der Waals surface area contributed by atoms with Crippen molar-refractivity contribution >= 4 is 44.8 Å². The maximum absolute atomic E-state index is 11.8. The topological polar surface area (TPSA) is 58.2 Å². The van der Waals surface area contributed by atoms with E-state index in [9.17, 15) is 9.59 Å². The lowest BCUT2D eigenvalue weighted by molar-refractivity contribution is -0.124. The van der Waals surface area contributed by atoms with Crippen molar-refractivity contribution in [2.24, 2.45) is 0 Å². The van der Waals surface area contributed by atoms with Gasteiger partial charge in [-0.05, 0) is 56.9 Å². The van der Waals surface area contributed by atoms with Crippen LogP contribution in [0, 0.1) is 0 Å². The van der Waals surface area contributed by atoms with Crippen LogP contribution in [0.5, 0.6) is 0 Å². The normalized spacial score (nSPS) is 10.1. The zero-order valence-corrected chi connectivity index (χ0v) is 13.7. The highest BCUT2D eigenvalue weighted by Crippen LogP contribution is 2.20. The Kier molecular flexibility index (Phi) is 5.95. The molecular weight excluding hydrogens is 352 g/mol. The number of carbonyl (C=O) groups is 2. The van der Waals surface area contributed by atoms with Crippen molar-refractivity contribution in [3.8, 4) is 0 Å². The molecule has 0 atom stereocenters. The maximum atomic E-state index is 11.8. The third-order valence-corrected chi connectivity index (χ3v) is 4.24. The number of carbonyl (C=O) groups excluding carboxylic acids is 2. The molecule has 4 nitrogen and oxygen atoms in total. The molecule has 1 heterocycles. The smallest absolute Gasteiger partial charge is 0.243 e. The Labute approximate surface area is 135 Å². The number of nitrogens with one attached hydrogen (secondary N) is 2. The lowest BCUT2D eigenvalue weighted by Crippen LogP contribution is -2.33. The van der Waals surface area contributed by atoms with Gasteiger partial charge in [0.05, 0.1) is 12.2 Å². The van der Waals surface area contributed by atoms with Gasteiger partial charge < -0.3 is 10.6 Å². The van der Waals surface area contributed by atoms with Gasteiger partial charge in [0.1, 0.15) is 0 Å². The minimum Gasteiger partial charge on any atom is -0.347 e. The summed E-state index contributed by atoms with van der Waals surface area (Å²) in [5.41, 5.74) is 1.84. The van der Waals surface area contributed by atoms with E-state index in [1.165, 1.54) is 0 Å². The third-order valence-electron chi connectivity index (χ3n) is 2.81. The molecule has 0 saturated heterocycles. The Bertz CT molecular complexity index is 614. The van der Waals surface area contributed by atoms with E-state index in [4.69, 9.17) is 0 Å². The fourth-order valence-corrected chi connectivity index (χ4v) is 2.80. The Morgan fingerprint density at radius 2 is 1.95 bits per heavy atom. The molecule has 6 heteroatoms. The highest BCUT2D eigenvalue weighted by molar-refractivity contribution is 9.10. The van der Waals surface area contributed by atoms with Crippen LogP contribution in [0.1, 0.15) is 12.0 Å². The number of para-hydroxylation sites is 1. The molecule has 0 saturated carbocycles. The highest BCUT2D eigenvalue weighted by atomic mass is 79.9. The number of hydrogen-bond acceptors (Lipinski definition) is 3. The second-order valence-electron chi connectivity index (χ2n) is 4.44. The van der Waals surface area contributed by atoms with E-state index >= 15 is 0 Å². The average molecular weight is 367 g/mol. The number of thiophene rings is 1. The zero-order chi connectivity index (χ0) is 15.1. The molecule has 0 aliphatic carbocycles. The minimum atomic E-state index is -0.245. The molecule has 0 aliphatic heterocycles. The number of hydrogen-bond donors (Lipinski definition) is 2. The summed E-state index contributed by atoms with van der Waals surface area (Å²) in [7, 11) is 0. The van der Waals surface area contributed by atoms with Crippen molar-refractivity contribution < 1.29 is 9.59 Å². The molecule has 0 fully saturated rings. The first kappa shape index (κ1) is 15.7. The molecule has 21 heavy (non-hydrogen) atoms. The Balaban J connectivity index is 1.71. The van der Waals surface area contributed by atoms with Crippen LogP contribution in [0.25, 0.3) is 0 Å². The van der Waals surface area contributed by atoms with Crippen LogP contribution < -0.4 is 10.6 Å². The molecule has 0 spiro atoms. The largest absolute Gasteiger partial charge is 0.347 e. The molecule has 0 bridgehead atoms. The first-order valence-electron chi connectivity index (χ1n) is 6.47. The molecule has 2 amide bonds. The number of aryl methyl sites for hydroxylation is 1. The summed E-state index contributed by atoms with van der Waals surface area (Å²) in [6, 6.07) is 9.33. The summed E-state index contributed by atoms with van der Waals surface area (Å²) in [4.78, 5) is 23.4. The number of rotatable bonds is 6. The fourth-order valence-electron chi connectivity index (χ4n) is 1.72. The number of anilines is 1. The molecule has 1 aromatic carbocycles. The zero-order valence-electron chi connectivity index (χ0n) is 11.3. The van der Waals surface area contributed by atoms with Gasteiger partial charge in [-0.1, -0.05) is 12.1 Å². The van der Waals surface area contributed by atoms with Gasteiger partial charge in [-0.15, -0.1) is 0 Å². The van der Waals surface area contributed by atoms with Gasteiger partial charge in [-0.2, -0.15) is 11.3 Å². The van der Waals surface area contributed by atoms with Gasteiger partial charge in [0.2, 0.25) is 11.8 Å². The number of benzene rings is 1. The van der Waals surface area contributed by atoms with Crippen molar-refractivity contribution in [3.05, 3.63) is 51.1 Å². The molecular formula is C15H15BrN2O2S. The quantitative estimate of drug-likeness (QED) is 0.824. The van der Waals surface area contributed by atoms with Crippen molar-refractivity contribution in [2.75, 3.05) is 11.9 Å². The summed E-state index contributed by atoms with van der Waals surface area (Å²) in [5, 5.41) is 9.36. The van der Waals surface area contributed by atoms with Crippen molar-refractivity contribution in [3.63, 3.8) is 0 Å². The average Bonchev–Trinajstić information content (AvgIpc) is 2.99. The highest BCUT2D eigenvalue weighted by Gasteiger charge is 2.07. The maximum Gasteiger partial charge on any atom is 0.243 e. The van der Waals surface area contributed by atoms with Gasteiger partial charge in [-0.25, -0.2) is 0 Å². The van der Waals surface area contributed by atoms with Crippen LogP contribution in [-0.2, 0) is 16.0 Å². The van der Waals surface area contributed by atoms with Crippen LogP contribution in [0.4, 0.5) is 5.69 Å². The van der Waals surface area contributed by atoms with Crippen LogP contribution in [0.3, 0.4) is 0 Å². The summed E-state index contributed by atoms with van der Waals surface area (Å²) in [6.45, 7) is -0.0240. The van der Waals surface area contributed by atoms with Gasteiger partial charge in [-0.3, -0.25) is 9.59 Å². The van der Waals surface area contributed by atoms with Crippen molar-refractivity contribution in [1.29, 1.82) is 0 Å². The van der Waals surface area contributed by atoms with Gasteiger partial charge in [0.15, 0.2) is 0 Å². The molecule has 0 radical (unpaired) electrons. The lowest BCUT2D eigenvalue weighted by atomic mass is 10.2. The lowest BCUT2D eigenvalue weighted by Gasteiger charge is -2.08. The predicted molar refractivity (Wildman–Crippen MR) is 88.4 cm³/mol. The SMILES string of the molecule is O=C(CCc1ccsc1)NCC(=O)Nc1ccccc1Br. The summed E-state index contributed by atoms with van der Waals surface area (Å²) in [6.07, 6.45) is 1.08. The summed E-state index contributed by atoms with van der Waals surface area (Å²) in [5.74, 6) is -0.366. The summed E-state index contributed by atoms with van der Waals surface area (Å²) >= 11 is 4.96. The molecule has 1 aromatic heterocycles. The van der Waals surface area contributed by atoms with Crippen LogP contribution in [0.15, 0.2) is 45.6 Å². The summed E-state index contributed by atoms with van der Waals surface area (Å²) < 4.78 is 0.808. The van der Waals surface area contributed by atoms with Gasteiger partial charge in [0, 0.05) is 10.9 Å². The first-order chi connectivity index (χ1) is 10.1. The Hall–Kier alpha value is -1.66. The van der Waals surface area contributed by atoms with Gasteiger partial charge in [0.25, 0.3) is 0 Å². The first-order valence-corrected chi connectivity index (χ1v) is 8.21. The molecule has 2 rings (SSSR count). The van der Waals surface area contributed by atoms with E-state index in [2.05, 4.69) is 26.6 Å². The molecule has 2 aromatic rings. The predicted octanol–water partition coefficient (Wildman–Crippen LogP) is 3.20. The van der Waals surface area contributed by atoms with Crippen molar-refractivity contribution in [1.82, 2.24) is 5.32 Å². The molecule has 0 aliphatic rings. The van der Waals surface area contributed by atoms with Crippen LogP contribution >= 0.6 is 27.3 Å². The van der Waals surface area contributed by atoms with Crippen LogP contribution in [-0.4, -0.2) is 18.4 Å². The third kappa shape index (κ3) is 5.32. The second kappa shape index (κ2) is 7.95. The van der Waals surface area contributed by atoms with Gasteiger partial charge >= 0.3 is 0 Å². The molecule has 0 unspecified atom stereocenters. The molecule has 2 N–H and O–H groups in total. The van der Waals surface area contributed by atoms with E-state index in [1.807, 2.05) is 35.0 Å². The minimum absolute atomic E-state index is 0.0240. The van der Waals surface area contributed by atoms with E-state index in [0.29, 0.717) is 18.5 Å². The van der Waals surface area contributed by atoms with E-state index in [0.717, 1.165) is 10.0 Å². The monoisotopic (exact) mass is 366 g/mol. The second-order valence-corrected chi connectivity index (χ2v) is 6.07. The standard InChI is InChI=1S/C15H15BrN2O2S/c16-12-3-1-2-4-13(12)18-15(20)9-17-14(19)6-5-11-7-8-21-10-11/h1-4,7-8,10H,5-6,9H2,(H,17,19)(H,18,20). The number of halogens is 1.